The molecule has 1 amide bonds. The average Bonchev–Trinajstić information content (AvgIpc) is 2.39. The third kappa shape index (κ3) is 5.51. The van der Waals surface area contributed by atoms with Gasteiger partial charge in [0.1, 0.15) is 11.5 Å². The number of carbonyl (C=O) groups excluding carboxylic acids is 2. The predicted molar refractivity (Wildman–Crippen MR) is 89.6 cm³/mol. The van der Waals surface area contributed by atoms with Crippen LogP contribution in [0, 0.1) is 19.3 Å². The first-order valence-electron chi connectivity index (χ1n) is 7.81. The molecule has 2 rings (SSSR count). The van der Waals surface area contributed by atoms with Crippen LogP contribution in [0.15, 0.2) is 23.3 Å². The van der Waals surface area contributed by atoms with Gasteiger partial charge < -0.3 is 4.74 Å². The summed E-state index contributed by atoms with van der Waals surface area (Å²) in [6, 6.07) is 5.81. The van der Waals surface area contributed by atoms with E-state index in [9.17, 15) is 9.59 Å². The highest BCUT2D eigenvalue weighted by Crippen LogP contribution is 2.31. The van der Waals surface area contributed by atoms with Crippen LogP contribution < -0.4 is 10.2 Å². The Morgan fingerprint density at radius 2 is 1.87 bits per heavy atom. The Labute approximate surface area is 137 Å². The highest BCUT2D eigenvalue weighted by Gasteiger charge is 2.30. The van der Waals surface area contributed by atoms with Crippen molar-refractivity contribution in [2.75, 3.05) is 6.61 Å². The molecular formula is C18H24N2O3. The van der Waals surface area contributed by atoms with Crippen molar-refractivity contribution in [1.82, 2.24) is 5.43 Å². The van der Waals surface area contributed by atoms with Crippen LogP contribution in [-0.4, -0.2) is 24.0 Å². The molecule has 0 bridgehead atoms. The van der Waals surface area contributed by atoms with E-state index >= 15 is 0 Å². The summed E-state index contributed by atoms with van der Waals surface area (Å²) in [4.78, 5) is 23.5. The fraction of sp³-hybridized carbons (Fsp3) is 0.500. The molecule has 0 atom stereocenters. The Kier molecular flexibility index (Phi) is 5.19. The Balaban J connectivity index is 1.87. The van der Waals surface area contributed by atoms with Crippen LogP contribution in [0.2, 0.25) is 0 Å². The molecular weight excluding hydrogens is 292 g/mol. The number of ketones is 1. The largest absolute Gasteiger partial charge is 0.484 e. The lowest BCUT2D eigenvalue weighted by Gasteiger charge is -2.28. The molecule has 0 aliphatic heterocycles. The van der Waals surface area contributed by atoms with Crippen molar-refractivity contribution in [2.24, 2.45) is 10.5 Å². The lowest BCUT2D eigenvalue weighted by molar-refractivity contribution is -0.123. The maximum atomic E-state index is 11.8. The zero-order valence-corrected chi connectivity index (χ0v) is 14.2. The number of benzene rings is 1. The van der Waals surface area contributed by atoms with Gasteiger partial charge in [-0.05, 0) is 48.9 Å². The quantitative estimate of drug-likeness (QED) is 0.868. The molecule has 0 saturated heterocycles. The van der Waals surface area contributed by atoms with Gasteiger partial charge in [-0.3, -0.25) is 9.59 Å². The molecule has 0 aromatic heterocycles. The first-order chi connectivity index (χ1) is 10.7. The smallest absolute Gasteiger partial charge is 0.277 e. The minimum absolute atomic E-state index is 0.0888. The fourth-order valence-electron chi connectivity index (χ4n) is 2.92. The van der Waals surface area contributed by atoms with Crippen LogP contribution in [0.4, 0.5) is 0 Å². The number of hydrogen-bond donors (Lipinski definition) is 1. The van der Waals surface area contributed by atoms with Crippen LogP contribution in [-0.2, 0) is 9.59 Å². The molecule has 1 aliphatic carbocycles. The van der Waals surface area contributed by atoms with Crippen LogP contribution in [0.1, 0.15) is 44.2 Å². The van der Waals surface area contributed by atoms with E-state index < -0.39 is 0 Å². The topological polar surface area (TPSA) is 67.8 Å². The number of nitrogens with one attached hydrogen (secondary N) is 1. The van der Waals surface area contributed by atoms with Crippen molar-refractivity contribution in [1.29, 1.82) is 0 Å². The minimum atomic E-state index is -0.326. The maximum Gasteiger partial charge on any atom is 0.277 e. The third-order valence-electron chi connectivity index (χ3n) is 3.66. The van der Waals surface area contributed by atoms with Gasteiger partial charge in [-0.25, -0.2) is 5.43 Å². The van der Waals surface area contributed by atoms with Crippen molar-refractivity contribution in [2.45, 2.75) is 47.0 Å². The summed E-state index contributed by atoms with van der Waals surface area (Å²) in [7, 11) is 0. The van der Waals surface area contributed by atoms with E-state index in [-0.39, 0.29) is 23.7 Å². The fourth-order valence-corrected chi connectivity index (χ4v) is 2.92. The number of aryl methyl sites for hydroxylation is 2. The van der Waals surface area contributed by atoms with Crippen molar-refractivity contribution in [3.8, 4) is 5.75 Å². The number of hydrogen-bond acceptors (Lipinski definition) is 4. The second kappa shape index (κ2) is 6.94. The molecule has 1 aliphatic rings. The van der Waals surface area contributed by atoms with Gasteiger partial charge in [0.05, 0.1) is 0 Å². The van der Waals surface area contributed by atoms with Crippen molar-refractivity contribution in [3.05, 3.63) is 29.3 Å². The van der Waals surface area contributed by atoms with Gasteiger partial charge in [-0.15, -0.1) is 0 Å². The highest BCUT2D eigenvalue weighted by atomic mass is 16.5. The van der Waals surface area contributed by atoms with Crippen LogP contribution >= 0.6 is 0 Å². The number of Topliss-reactive ketones (excluding diaryl/α,β-unsaturated/α-hetero) is 1. The Morgan fingerprint density at radius 3 is 2.48 bits per heavy atom. The van der Waals surface area contributed by atoms with Gasteiger partial charge in [0.25, 0.3) is 5.91 Å². The zero-order valence-electron chi connectivity index (χ0n) is 14.2. The number of amides is 1. The third-order valence-corrected chi connectivity index (χ3v) is 3.66. The molecule has 1 saturated carbocycles. The van der Waals surface area contributed by atoms with E-state index in [1.165, 1.54) is 0 Å². The SMILES string of the molecule is Cc1cc(C)cc(OCC(=O)N/N=C2/CC(=O)CC(C)(C)C2)c1. The molecule has 5 heteroatoms. The minimum Gasteiger partial charge on any atom is -0.484 e. The molecule has 5 nitrogen and oxygen atoms in total. The Hall–Kier alpha value is -2.17. The van der Waals surface area contributed by atoms with Gasteiger partial charge in [0.2, 0.25) is 0 Å². The summed E-state index contributed by atoms with van der Waals surface area (Å²) in [5.74, 6) is 0.507. The first kappa shape index (κ1) is 17.2. The summed E-state index contributed by atoms with van der Waals surface area (Å²) >= 11 is 0. The Morgan fingerprint density at radius 1 is 1.22 bits per heavy atom. The highest BCUT2D eigenvalue weighted by molar-refractivity contribution is 6.05. The molecule has 0 heterocycles. The molecule has 124 valence electrons. The van der Waals surface area contributed by atoms with Gasteiger partial charge in [0, 0.05) is 18.6 Å². The molecule has 1 aromatic carbocycles. The van der Waals surface area contributed by atoms with Gasteiger partial charge in [0.15, 0.2) is 6.61 Å². The number of carbonyl (C=O) groups is 2. The van der Waals surface area contributed by atoms with E-state index in [1.807, 2.05) is 45.9 Å². The predicted octanol–water partition coefficient (Wildman–Crippen LogP) is 2.93. The number of ether oxygens (including phenoxy) is 1. The number of rotatable bonds is 4. The molecule has 23 heavy (non-hydrogen) atoms. The Bertz CT molecular complexity index is 627. The summed E-state index contributed by atoms with van der Waals surface area (Å²) in [5.41, 5.74) is 5.29. The normalized spacial score (nSPS) is 18.8. The molecule has 1 N–H and O–H groups in total. The van der Waals surface area contributed by atoms with Crippen molar-refractivity contribution < 1.29 is 14.3 Å². The van der Waals surface area contributed by atoms with E-state index in [2.05, 4.69) is 10.5 Å². The lowest BCUT2D eigenvalue weighted by atomic mass is 9.76. The van der Waals surface area contributed by atoms with Crippen molar-refractivity contribution >= 4 is 17.4 Å². The summed E-state index contributed by atoms with van der Waals surface area (Å²) in [5, 5.41) is 4.09. The van der Waals surface area contributed by atoms with Crippen LogP contribution in [0.25, 0.3) is 0 Å². The molecule has 0 spiro atoms. The van der Waals surface area contributed by atoms with Crippen LogP contribution in [0.5, 0.6) is 5.75 Å². The van der Waals surface area contributed by atoms with Gasteiger partial charge in [-0.2, -0.15) is 5.10 Å². The molecule has 0 unspecified atom stereocenters. The number of nitrogens with zero attached hydrogens (tertiary/aromatic N) is 1. The zero-order chi connectivity index (χ0) is 17.0. The lowest BCUT2D eigenvalue weighted by Crippen LogP contribution is -2.32. The van der Waals surface area contributed by atoms with Gasteiger partial charge >= 0.3 is 0 Å². The van der Waals surface area contributed by atoms with Gasteiger partial charge in [-0.1, -0.05) is 19.9 Å². The molecule has 0 radical (unpaired) electrons. The van der Waals surface area contributed by atoms with E-state index in [0.29, 0.717) is 18.6 Å². The van der Waals surface area contributed by atoms with E-state index in [1.54, 1.807) is 0 Å². The second-order valence-electron chi connectivity index (χ2n) is 7.06. The van der Waals surface area contributed by atoms with Crippen LogP contribution in [0.3, 0.4) is 0 Å². The van der Waals surface area contributed by atoms with E-state index in [0.717, 1.165) is 23.3 Å². The standard InChI is InChI=1S/C18H24N2O3/c1-12-5-13(2)7-16(6-12)23-11-17(22)20-19-14-8-15(21)10-18(3,4)9-14/h5-7H,8-11H2,1-4H3,(H,20,22)/b19-14-. The summed E-state index contributed by atoms with van der Waals surface area (Å²) in [6.07, 6.45) is 1.61. The second-order valence-corrected chi connectivity index (χ2v) is 7.06. The first-order valence-corrected chi connectivity index (χ1v) is 7.81. The molecule has 1 fully saturated rings. The van der Waals surface area contributed by atoms with Crippen molar-refractivity contribution in [3.63, 3.8) is 0 Å². The average molecular weight is 316 g/mol. The molecule has 1 aromatic rings. The number of hydrazone groups is 1. The van der Waals surface area contributed by atoms with E-state index in [4.69, 9.17) is 4.74 Å². The monoisotopic (exact) mass is 316 g/mol. The summed E-state index contributed by atoms with van der Waals surface area (Å²) < 4.78 is 5.48. The maximum absolute atomic E-state index is 11.8. The summed E-state index contributed by atoms with van der Waals surface area (Å²) in [6.45, 7) is 7.92.